The Balaban J connectivity index is 3.25. The Hall–Kier alpha value is -0.570. The lowest BCUT2D eigenvalue weighted by Crippen LogP contribution is -1.93. The first-order valence-electron chi connectivity index (χ1n) is 3.20. The van der Waals surface area contributed by atoms with E-state index in [9.17, 15) is 8.78 Å². The smallest absolute Gasteiger partial charge is 0.130 e. The number of rotatable bonds is 1. The third-order valence-electron chi connectivity index (χ3n) is 1.44. The zero-order valence-corrected chi connectivity index (χ0v) is 6.96. The van der Waals surface area contributed by atoms with Crippen LogP contribution >= 0.6 is 12.6 Å². The Bertz CT molecular complexity index is 248. The van der Waals surface area contributed by atoms with Crippen LogP contribution in [-0.4, -0.2) is 0 Å². The van der Waals surface area contributed by atoms with Gasteiger partial charge in [0, 0.05) is 11.3 Å². The number of hydrogen-bond donors (Lipinski definition) is 1. The molecule has 0 aliphatic carbocycles. The van der Waals surface area contributed by atoms with E-state index < -0.39 is 11.6 Å². The highest BCUT2D eigenvalue weighted by Crippen LogP contribution is 2.16. The van der Waals surface area contributed by atoms with Crippen molar-refractivity contribution < 1.29 is 8.78 Å². The van der Waals surface area contributed by atoms with E-state index in [1.807, 2.05) is 0 Å². The van der Waals surface area contributed by atoms with E-state index in [-0.39, 0.29) is 11.3 Å². The number of aryl methyl sites for hydroxylation is 1. The fraction of sp³-hybridized carbons (Fsp3) is 0.250. The van der Waals surface area contributed by atoms with Crippen molar-refractivity contribution in [3.63, 3.8) is 0 Å². The Labute approximate surface area is 69.6 Å². The monoisotopic (exact) mass is 174 g/mol. The summed E-state index contributed by atoms with van der Waals surface area (Å²) in [5, 5.41) is 0. The van der Waals surface area contributed by atoms with Crippen LogP contribution in [-0.2, 0) is 5.75 Å². The Morgan fingerprint density at radius 2 is 1.73 bits per heavy atom. The van der Waals surface area contributed by atoms with Gasteiger partial charge in [0.15, 0.2) is 0 Å². The van der Waals surface area contributed by atoms with Crippen molar-refractivity contribution in [2.24, 2.45) is 0 Å². The molecule has 1 rings (SSSR count). The van der Waals surface area contributed by atoms with E-state index in [0.29, 0.717) is 5.56 Å². The van der Waals surface area contributed by atoms with Crippen LogP contribution < -0.4 is 0 Å². The lowest BCUT2D eigenvalue weighted by Gasteiger charge is -2.01. The van der Waals surface area contributed by atoms with Gasteiger partial charge in [-0.1, -0.05) is 0 Å². The van der Waals surface area contributed by atoms with Gasteiger partial charge < -0.3 is 0 Å². The van der Waals surface area contributed by atoms with Crippen LogP contribution in [0.1, 0.15) is 11.1 Å². The molecule has 1 aromatic carbocycles. The number of benzene rings is 1. The lowest BCUT2D eigenvalue weighted by molar-refractivity contribution is 0.564. The van der Waals surface area contributed by atoms with Gasteiger partial charge in [-0.3, -0.25) is 0 Å². The molecule has 0 N–H and O–H groups in total. The second-order valence-corrected chi connectivity index (χ2v) is 2.68. The van der Waals surface area contributed by atoms with Gasteiger partial charge >= 0.3 is 0 Å². The number of halogens is 2. The topological polar surface area (TPSA) is 0 Å². The number of thiol groups is 1. The fourth-order valence-electron chi connectivity index (χ4n) is 0.881. The fourth-order valence-corrected chi connectivity index (χ4v) is 1.18. The molecule has 0 spiro atoms. The van der Waals surface area contributed by atoms with Crippen molar-refractivity contribution in [3.05, 3.63) is 34.9 Å². The molecule has 0 fully saturated rings. The molecule has 0 unspecified atom stereocenters. The van der Waals surface area contributed by atoms with Gasteiger partial charge in [-0.15, -0.1) is 0 Å². The molecule has 0 bridgehead atoms. The molecule has 0 amide bonds. The molecule has 0 saturated carbocycles. The minimum Gasteiger partial charge on any atom is -0.207 e. The summed E-state index contributed by atoms with van der Waals surface area (Å²) in [4.78, 5) is 0. The van der Waals surface area contributed by atoms with Gasteiger partial charge in [0.25, 0.3) is 0 Å². The summed E-state index contributed by atoms with van der Waals surface area (Å²) < 4.78 is 25.6. The van der Waals surface area contributed by atoms with Crippen molar-refractivity contribution in [1.29, 1.82) is 0 Å². The van der Waals surface area contributed by atoms with E-state index in [0.717, 1.165) is 0 Å². The van der Waals surface area contributed by atoms with E-state index in [1.165, 1.54) is 12.1 Å². The van der Waals surface area contributed by atoms with Crippen molar-refractivity contribution in [3.8, 4) is 0 Å². The standard InChI is InChI=1S/C8H8F2S/c1-5-2-7(9)6(4-11)8(10)3-5/h2-3,11H,4H2,1H3. The average Bonchev–Trinajstić information content (AvgIpc) is 1.85. The van der Waals surface area contributed by atoms with Crippen LogP contribution in [0.5, 0.6) is 0 Å². The van der Waals surface area contributed by atoms with Crippen LogP contribution in [0.3, 0.4) is 0 Å². The van der Waals surface area contributed by atoms with Crippen molar-refractivity contribution in [2.75, 3.05) is 0 Å². The van der Waals surface area contributed by atoms with Gasteiger partial charge in [-0.25, -0.2) is 8.78 Å². The first kappa shape index (κ1) is 8.53. The highest BCUT2D eigenvalue weighted by atomic mass is 32.1. The van der Waals surface area contributed by atoms with E-state index in [2.05, 4.69) is 12.6 Å². The molecule has 0 heterocycles. The zero-order valence-electron chi connectivity index (χ0n) is 6.06. The van der Waals surface area contributed by atoms with Gasteiger partial charge in [-0.2, -0.15) is 12.6 Å². The maximum Gasteiger partial charge on any atom is 0.130 e. The van der Waals surface area contributed by atoms with Crippen molar-refractivity contribution in [2.45, 2.75) is 12.7 Å². The van der Waals surface area contributed by atoms with E-state index >= 15 is 0 Å². The molecule has 0 saturated heterocycles. The summed E-state index contributed by atoms with van der Waals surface area (Å²) in [6, 6.07) is 2.60. The summed E-state index contributed by atoms with van der Waals surface area (Å²) in [5.41, 5.74) is 0.629. The molecule has 0 nitrogen and oxygen atoms in total. The predicted octanol–water partition coefficient (Wildman–Crippen LogP) is 2.70. The lowest BCUT2D eigenvalue weighted by atomic mass is 10.1. The molecular formula is C8H8F2S. The first-order valence-corrected chi connectivity index (χ1v) is 3.83. The highest BCUT2D eigenvalue weighted by Gasteiger charge is 2.06. The second kappa shape index (κ2) is 3.22. The molecule has 3 heteroatoms. The molecule has 0 atom stereocenters. The Morgan fingerprint density at radius 3 is 2.09 bits per heavy atom. The summed E-state index contributed by atoms with van der Waals surface area (Å²) in [7, 11) is 0. The molecular weight excluding hydrogens is 166 g/mol. The van der Waals surface area contributed by atoms with Crippen LogP contribution in [0.25, 0.3) is 0 Å². The molecule has 11 heavy (non-hydrogen) atoms. The van der Waals surface area contributed by atoms with Gasteiger partial charge in [0.05, 0.1) is 0 Å². The molecule has 60 valence electrons. The molecule has 1 aromatic rings. The van der Waals surface area contributed by atoms with Crippen LogP contribution in [0, 0.1) is 18.6 Å². The summed E-state index contributed by atoms with van der Waals surface area (Å²) >= 11 is 3.80. The largest absolute Gasteiger partial charge is 0.207 e. The van der Waals surface area contributed by atoms with E-state index in [4.69, 9.17) is 0 Å². The molecule has 0 radical (unpaired) electrons. The summed E-state index contributed by atoms with van der Waals surface area (Å²) in [5.74, 6) is -0.937. The summed E-state index contributed by atoms with van der Waals surface area (Å²) in [6.07, 6.45) is 0. The minimum absolute atomic E-state index is 0.0407. The molecule has 0 aliphatic heterocycles. The maximum atomic E-state index is 12.8. The van der Waals surface area contributed by atoms with E-state index in [1.54, 1.807) is 6.92 Å². The maximum absolute atomic E-state index is 12.8. The van der Waals surface area contributed by atoms with Gasteiger partial charge in [-0.05, 0) is 24.6 Å². The quantitative estimate of drug-likeness (QED) is 0.622. The molecule has 0 aromatic heterocycles. The van der Waals surface area contributed by atoms with Crippen molar-refractivity contribution in [1.82, 2.24) is 0 Å². The second-order valence-electron chi connectivity index (χ2n) is 2.37. The average molecular weight is 174 g/mol. The minimum atomic E-state index is -0.516. The van der Waals surface area contributed by atoms with Crippen LogP contribution in [0.4, 0.5) is 8.78 Å². The third-order valence-corrected chi connectivity index (χ3v) is 1.76. The van der Waals surface area contributed by atoms with Crippen molar-refractivity contribution >= 4 is 12.6 Å². The third kappa shape index (κ3) is 1.71. The van der Waals surface area contributed by atoms with Crippen LogP contribution in [0.15, 0.2) is 12.1 Å². The Kier molecular flexibility index (Phi) is 2.49. The SMILES string of the molecule is Cc1cc(F)c(CS)c(F)c1. The number of hydrogen-bond acceptors (Lipinski definition) is 1. The first-order chi connectivity index (χ1) is 5.15. The van der Waals surface area contributed by atoms with Gasteiger partial charge in [0.2, 0.25) is 0 Å². The van der Waals surface area contributed by atoms with Gasteiger partial charge in [0.1, 0.15) is 11.6 Å². The zero-order chi connectivity index (χ0) is 8.43. The summed E-state index contributed by atoms with van der Waals surface area (Å²) in [6.45, 7) is 1.65. The normalized spacial score (nSPS) is 10.2. The Morgan fingerprint density at radius 1 is 1.27 bits per heavy atom. The highest BCUT2D eigenvalue weighted by molar-refractivity contribution is 7.79. The predicted molar refractivity (Wildman–Crippen MR) is 43.8 cm³/mol. The van der Waals surface area contributed by atoms with Crippen LogP contribution in [0.2, 0.25) is 0 Å². The molecule has 0 aliphatic rings.